The van der Waals surface area contributed by atoms with Gasteiger partial charge in [0.25, 0.3) is 5.91 Å². The van der Waals surface area contributed by atoms with Gasteiger partial charge in [0.05, 0.1) is 11.9 Å². The fourth-order valence-electron chi connectivity index (χ4n) is 3.35. The molecule has 1 amide bonds. The minimum absolute atomic E-state index is 0.115. The maximum atomic E-state index is 12.5. The van der Waals surface area contributed by atoms with E-state index >= 15 is 0 Å². The number of nitriles is 1. The Morgan fingerprint density at radius 3 is 2.58 bits per heavy atom. The van der Waals surface area contributed by atoms with Gasteiger partial charge in [-0.25, -0.2) is 0 Å². The maximum absolute atomic E-state index is 12.5. The van der Waals surface area contributed by atoms with E-state index in [1.54, 1.807) is 12.3 Å². The average molecular weight is 348 g/mol. The molecular weight excluding hydrogens is 324 g/mol. The molecule has 0 bridgehead atoms. The summed E-state index contributed by atoms with van der Waals surface area (Å²) >= 11 is 0. The molecule has 0 spiro atoms. The second kappa shape index (κ2) is 8.48. The van der Waals surface area contributed by atoms with Gasteiger partial charge in [0.2, 0.25) is 0 Å². The molecule has 0 radical (unpaired) electrons. The van der Waals surface area contributed by atoms with E-state index in [-0.39, 0.29) is 17.5 Å². The first-order valence-electron chi connectivity index (χ1n) is 9.20. The van der Waals surface area contributed by atoms with Crippen molar-refractivity contribution in [1.29, 1.82) is 5.26 Å². The van der Waals surface area contributed by atoms with Crippen molar-refractivity contribution in [1.82, 2.24) is 15.5 Å². The van der Waals surface area contributed by atoms with Gasteiger partial charge in [-0.2, -0.15) is 10.4 Å². The summed E-state index contributed by atoms with van der Waals surface area (Å²) in [5.74, 6) is -0.296. The fraction of sp³-hybridized carbons (Fsp3) is 0.381. The Labute approximate surface area is 154 Å². The van der Waals surface area contributed by atoms with Crippen LogP contribution in [0.1, 0.15) is 49.7 Å². The number of aromatic nitrogens is 2. The van der Waals surface area contributed by atoms with E-state index in [1.807, 2.05) is 37.3 Å². The summed E-state index contributed by atoms with van der Waals surface area (Å²) in [5, 5.41) is 19.5. The molecule has 1 heterocycles. The molecule has 1 aromatic carbocycles. The van der Waals surface area contributed by atoms with Gasteiger partial charge in [0, 0.05) is 17.2 Å². The van der Waals surface area contributed by atoms with Crippen LogP contribution in [0.15, 0.2) is 36.0 Å². The van der Waals surface area contributed by atoms with Crippen LogP contribution in [0, 0.1) is 18.3 Å². The van der Waals surface area contributed by atoms with Crippen LogP contribution in [0.5, 0.6) is 0 Å². The number of benzene rings is 1. The first kappa shape index (κ1) is 17.9. The molecule has 1 aromatic heterocycles. The zero-order chi connectivity index (χ0) is 18.4. The predicted molar refractivity (Wildman–Crippen MR) is 102 cm³/mol. The van der Waals surface area contributed by atoms with E-state index < -0.39 is 0 Å². The topological polar surface area (TPSA) is 81.6 Å². The van der Waals surface area contributed by atoms with Crippen LogP contribution in [0.25, 0.3) is 17.3 Å². The molecule has 0 saturated heterocycles. The Bertz CT molecular complexity index is 818. The highest BCUT2D eigenvalue weighted by molar-refractivity contribution is 6.02. The Kier molecular flexibility index (Phi) is 5.85. The van der Waals surface area contributed by atoms with E-state index in [1.165, 1.54) is 18.4 Å². The number of H-pyrrole nitrogens is 1. The lowest BCUT2D eigenvalue weighted by Gasteiger charge is -2.15. The van der Waals surface area contributed by atoms with Gasteiger partial charge < -0.3 is 5.32 Å². The van der Waals surface area contributed by atoms with Crippen LogP contribution in [0.3, 0.4) is 0 Å². The summed E-state index contributed by atoms with van der Waals surface area (Å²) in [4.78, 5) is 12.5. The van der Waals surface area contributed by atoms with E-state index in [4.69, 9.17) is 0 Å². The third kappa shape index (κ3) is 4.40. The Morgan fingerprint density at radius 2 is 1.92 bits per heavy atom. The van der Waals surface area contributed by atoms with Crippen molar-refractivity contribution < 1.29 is 4.79 Å². The molecule has 0 unspecified atom stereocenters. The number of hydrogen-bond donors (Lipinski definition) is 2. The quantitative estimate of drug-likeness (QED) is 0.495. The van der Waals surface area contributed by atoms with Crippen molar-refractivity contribution in [3.8, 4) is 17.3 Å². The van der Waals surface area contributed by atoms with Crippen molar-refractivity contribution >= 4 is 12.0 Å². The normalized spacial score (nSPS) is 15.9. The zero-order valence-corrected chi connectivity index (χ0v) is 15.1. The highest BCUT2D eigenvalue weighted by atomic mass is 16.1. The molecule has 1 aliphatic carbocycles. The van der Waals surface area contributed by atoms with Gasteiger partial charge in [0.15, 0.2) is 0 Å². The first-order chi connectivity index (χ1) is 12.7. The Morgan fingerprint density at radius 1 is 1.23 bits per heavy atom. The summed E-state index contributed by atoms with van der Waals surface area (Å²) in [6.07, 6.45) is 9.96. The molecule has 1 aliphatic rings. The predicted octanol–water partition coefficient (Wildman–Crippen LogP) is 4.13. The van der Waals surface area contributed by atoms with E-state index in [0.29, 0.717) is 0 Å². The largest absolute Gasteiger partial charge is 0.349 e. The molecule has 1 fully saturated rings. The van der Waals surface area contributed by atoms with Crippen LogP contribution in [-0.4, -0.2) is 22.1 Å². The van der Waals surface area contributed by atoms with Gasteiger partial charge >= 0.3 is 0 Å². The molecule has 2 N–H and O–H groups in total. The molecule has 2 aromatic rings. The first-order valence-corrected chi connectivity index (χ1v) is 9.20. The van der Waals surface area contributed by atoms with Crippen molar-refractivity contribution in [2.45, 2.75) is 51.5 Å². The van der Waals surface area contributed by atoms with Crippen molar-refractivity contribution in [3.63, 3.8) is 0 Å². The van der Waals surface area contributed by atoms with Crippen LogP contribution in [0.2, 0.25) is 0 Å². The molecule has 0 atom stereocenters. The van der Waals surface area contributed by atoms with Crippen LogP contribution < -0.4 is 5.32 Å². The number of nitrogens with one attached hydrogen (secondary N) is 2. The molecule has 26 heavy (non-hydrogen) atoms. The number of rotatable bonds is 4. The average Bonchev–Trinajstić information content (AvgIpc) is 2.95. The van der Waals surface area contributed by atoms with Gasteiger partial charge in [-0.15, -0.1) is 0 Å². The SMILES string of the molecule is Cc1ccc(-c2[nH]ncc2/C=C(/C#N)C(=O)NC2CCCCCC2)cc1. The van der Waals surface area contributed by atoms with Crippen molar-refractivity contribution in [2.75, 3.05) is 0 Å². The van der Waals surface area contributed by atoms with E-state index in [2.05, 4.69) is 15.5 Å². The fourth-order valence-corrected chi connectivity index (χ4v) is 3.35. The van der Waals surface area contributed by atoms with Gasteiger partial charge in [-0.1, -0.05) is 55.5 Å². The van der Waals surface area contributed by atoms with Gasteiger partial charge in [0.1, 0.15) is 11.6 Å². The van der Waals surface area contributed by atoms with Crippen molar-refractivity contribution in [3.05, 3.63) is 47.2 Å². The van der Waals surface area contributed by atoms with Crippen LogP contribution in [0.4, 0.5) is 0 Å². The zero-order valence-electron chi connectivity index (χ0n) is 15.1. The number of aryl methyl sites for hydroxylation is 1. The molecule has 5 nitrogen and oxygen atoms in total. The standard InChI is InChI=1S/C21H24N4O/c1-15-8-10-16(11-9-15)20-18(14-23-25-20)12-17(13-22)21(26)24-19-6-4-2-3-5-7-19/h8-12,14,19H,2-7H2,1H3,(H,23,25)(H,24,26)/b17-12-. The summed E-state index contributed by atoms with van der Waals surface area (Å²) in [5.41, 5.74) is 3.80. The molecule has 134 valence electrons. The summed E-state index contributed by atoms with van der Waals surface area (Å²) in [7, 11) is 0. The Balaban J connectivity index is 1.79. The van der Waals surface area contributed by atoms with Gasteiger partial charge in [-0.05, 0) is 25.8 Å². The number of nitrogens with zero attached hydrogens (tertiary/aromatic N) is 2. The number of carbonyl (C=O) groups is 1. The highest BCUT2D eigenvalue weighted by Gasteiger charge is 2.18. The minimum atomic E-state index is -0.296. The molecule has 1 saturated carbocycles. The third-order valence-corrected chi connectivity index (χ3v) is 4.86. The summed E-state index contributed by atoms with van der Waals surface area (Å²) < 4.78 is 0. The second-order valence-corrected chi connectivity index (χ2v) is 6.90. The van der Waals surface area contributed by atoms with E-state index in [0.717, 1.165) is 42.5 Å². The Hall–Kier alpha value is -2.87. The van der Waals surface area contributed by atoms with Crippen LogP contribution in [-0.2, 0) is 4.79 Å². The smallest absolute Gasteiger partial charge is 0.262 e. The lowest BCUT2D eigenvalue weighted by Crippen LogP contribution is -2.35. The lowest BCUT2D eigenvalue weighted by atomic mass is 10.0. The molecule has 3 rings (SSSR count). The van der Waals surface area contributed by atoms with E-state index in [9.17, 15) is 10.1 Å². The van der Waals surface area contributed by atoms with Gasteiger partial charge in [-0.3, -0.25) is 9.89 Å². The van der Waals surface area contributed by atoms with Crippen molar-refractivity contribution in [2.24, 2.45) is 0 Å². The number of hydrogen-bond acceptors (Lipinski definition) is 3. The molecular formula is C21H24N4O. The number of aromatic amines is 1. The molecule has 0 aliphatic heterocycles. The number of amides is 1. The monoisotopic (exact) mass is 348 g/mol. The highest BCUT2D eigenvalue weighted by Crippen LogP contribution is 2.24. The summed E-state index contributed by atoms with van der Waals surface area (Å²) in [6, 6.07) is 10.2. The minimum Gasteiger partial charge on any atom is -0.349 e. The lowest BCUT2D eigenvalue weighted by molar-refractivity contribution is -0.117. The van der Waals surface area contributed by atoms with Crippen LogP contribution >= 0.6 is 0 Å². The maximum Gasteiger partial charge on any atom is 0.262 e. The summed E-state index contributed by atoms with van der Waals surface area (Å²) in [6.45, 7) is 2.03. The second-order valence-electron chi connectivity index (χ2n) is 6.90. The third-order valence-electron chi connectivity index (χ3n) is 4.86. The molecule has 5 heteroatoms. The number of carbonyl (C=O) groups excluding carboxylic acids is 1.